The predicted molar refractivity (Wildman–Crippen MR) is 88.5 cm³/mol. The van der Waals surface area contributed by atoms with Gasteiger partial charge in [0.05, 0.1) is 18.7 Å². The number of hydrogen-bond acceptors (Lipinski definition) is 6. The van der Waals surface area contributed by atoms with E-state index in [1.807, 2.05) is 0 Å². The molecular formula is C16H19ClN4O3. The Hall–Kier alpha value is -2.12. The highest BCUT2D eigenvalue weighted by Crippen LogP contribution is 2.30. The van der Waals surface area contributed by atoms with Crippen molar-refractivity contribution in [3.8, 4) is 17.1 Å². The summed E-state index contributed by atoms with van der Waals surface area (Å²) in [6.07, 6.45) is 2.58. The van der Waals surface area contributed by atoms with E-state index in [1.54, 1.807) is 30.2 Å². The molecule has 7 nitrogen and oxygen atoms in total. The van der Waals surface area contributed by atoms with Gasteiger partial charge in [0.2, 0.25) is 17.6 Å². The van der Waals surface area contributed by atoms with Crippen LogP contribution in [0, 0.1) is 0 Å². The second kappa shape index (κ2) is 7.19. The van der Waals surface area contributed by atoms with Gasteiger partial charge in [0.1, 0.15) is 12.3 Å². The Balaban J connectivity index is 1.80. The molecule has 24 heavy (non-hydrogen) atoms. The van der Waals surface area contributed by atoms with Gasteiger partial charge in [-0.1, -0.05) is 16.8 Å². The Bertz CT molecular complexity index is 734. The number of methoxy groups -OCH3 is 1. The van der Waals surface area contributed by atoms with Gasteiger partial charge in [-0.15, -0.1) is 0 Å². The van der Waals surface area contributed by atoms with Crippen LogP contribution in [-0.2, 0) is 11.3 Å². The minimum atomic E-state index is -0.453. The van der Waals surface area contributed by atoms with E-state index in [1.165, 1.54) is 0 Å². The van der Waals surface area contributed by atoms with Crippen LogP contribution in [0.3, 0.4) is 0 Å². The van der Waals surface area contributed by atoms with E-state index in [4.69, 9.17) is 26.6 Å². The largest absolute Gasteiger partial charge is 0.496 e. The standard InChI is InChI=1S/C16H19ClN4O3/c1-23-13-8-10(17)5-6-11(13)15-19-14(24-20-15)9-21-7-3-2-4-12(18)16(21)22/h5-6,8,12H,2-4,7,9,18H2,1H3. The molecule has 0 spiro atoms. The lowest BCUT2D eigenvalue weighted by Gasteiger charge is -2.20. The molecule has 1 aromatic carbocycles. The first kappa shape index (κ1) is 16.7. The zero-order valence-electron chi connectivity index (χ0n) is 13.4. The summed E-state index contributed by atoms with van der Waals surface area (Å²) in [5.74, 6) is 1.24. The Morgan fingerprint density at radius 3 is 3.08 bits per heavy atom. The summed E-state index contributed by atoms with van der Waals surface area (Å²) in [7, 11) is 1.55. The average molecular weight is 351 g/mol. The van der Waals surface area contributed by atoms with E-state index in [0.29, 0.717) is 41.0 Å². The van der Waals surface area contributed by atoms with Gasteiger partial charge in [0.15, 0.2) is 0 Å². The molecule has 0 saturated carbocycles. The molecule has 2 heterocycles. The van der Waals surface area contributed by atoms with Gasteiger partial charge in [0.25, 0.3) is 0 Å². The fourth-order valence-electron chi connectivity index (χ4n) is 2.73. The molecule has 1 aliphatic rings. The minimum absolute atomic E-state index is 0.0728. The number of amides is 1. The van der Waals surface area contributed by atoms with Crippen LogP contribution in [-0.4, -0.2) is 40.6 Å². The molecule has 8 heteroatoms. The van der Waals surface area contributed by atoms with Crippen molar-refractivity contribution in [2.45, 2.75) is 31.8 Å². The van der Waals surface area contributed by atoms with Crippen molar-refractivity contribution in [2.24, 2.45) is 5.73 Å². The third-order valence-corrected chi connectivity index (χ3v) is 4.26. The number of carbonyl (C=O) groups is 1. The molecule has 2 aromatic rings. The van der Waals surface area contributed by atoms with Crippen molar-refractivity contribution in [1.29, 1.82) is 0 Å². The maximum absolute atomic E-state index is 12.2. The second-order valence-corrected chi connectivity index (χ2v) is 6.15. The lowest BCUT2D eigenvalue weighted by atomic mass is 10.1. The van der Waals surface area contributed by atoms with Crippen molar-refractivity contribution >= 4 is 17.5 Å². The molecule has 0 bridgehead atoms. The number of rotatable bonds is 4. The molecule has 0 radical (unpaired) electrons. The van der Waals surface area contributed by atoms with Crippen LogP contribution in [0.4, 0.5) is 0 Å². The molecule has 0 aliphatic carbocycles. The second-order valence-electron chi connectivity index (χ2n) is 5.72. The molecule has 2 N–H and O–H groups in total. The van der Waals surface area contributed by atoms with E-state index in [-0.39, 0.29) is 12.5 Å². The summed E-state index contributed by atoms with van der Waals surface area (Å²) in [4.78, 5) is 18.3. The summed E-state index contributed by atoms with van der Waals surface area (Å²) in [6, 6.07) is 4.73. The Kier molecular flexibility index (Phi) is 5.01. The first-order valence-electron chi connectivity index (χ1n) is 7.79. The first-order chi connectivity index (χ1) is 11.6. The number of benzene rings is 1. The number of likely N-dealkylation sites (tertiary alicyclic amines) is 1. The number of aromatic nitrogens is 2. The third-order valence-electron chi connectivity index (χ3n) is 4.02. The molecule has 1 atom stereocenters. The van der Waals surface area contributed by atoms with Gasteiger partial charge in [-0.2, -0.15) is 4.98 Å². The molecule has 1 unspecified atom stereocenters. The summed E-state index contributed by atoms with van der Waals surface area (Å²) in [5.41, 5.74) is 6.56. The fourth-order valence-corrected chi connectivity index (χ4v) is 2.90. The fraction of sp³-hybridized carbons (Fsp3) is 0.438. The van der Waals surface area contributed by atoms with Gasteiger partial charge in [-0.05, 0) is 37.5 Å². The summed E-state index contributed by atoms with van der Waals surface area (Å²) in [6.45, 7) is 0.907. The van der Waals surface area contributed by atoms with Crippen LogP contribution in [0.1, 0.15) is 25.2 Å². The molecular weight excluding hydrogens is 332 g/mol. The smallest absolute Gasteiger partial charge is 0.246 e. The normalized spacial score (nSPS) is 18.5. The number of halogens is 1. The SMILES string of the molecule is COc1cc(Cl)ccc1-c1noc(CN2CCCCC(N)C2=O)n1. The molecule has 1 aromatic heterocycles. The van der Waals surface area contributed by atoms with Crippen LogP contribution in [0.2, 0.25) is 5.02 Å². The topological polar surface area (TPSA) is 94.5 Å². The van der Waals surface area contributed by atoms with E-state index >= 15 is 0 Å². The predicted octanol–water partition coefficient (Wildman–Crippen LogP) is 2.24. The minimum Gasteiger partial charge on any atom is -0.496 e. The number of hydrogen-bond donors (Lipinski definition) is 1. The summed E-state index contributed by atoms with van der Waals surface area (Å²) in [5, 5.41) is 4.54. The van der Waals surface area contributed by atoms with Gasteiger partial charge in [-0.3, -0.25) is 4.79 Å². The molecule has 1 amide bonds. The summed E-state index contributed by atoms with van der Waals surface area (Å²) < 4.78 is 10.6. The number of nitrogens with zero attached hydrogens (tertiary/aromatic N) is 3. The maximum Gasteiger partial charge on any atom is 0.246 e. The average Bonchev–Trinajstić information content (AvgIpc) is 2.98. The highest BCUT2D eigenvalue weighted by atomic mass is 35.5. The lowest BCUT2D eigenvalue weighted by molar-refractivity contribution is -0.133. The molecule has 1 aliphatic heterocycles. The van der Waals surface area contributed by atoms with Crippen molar-refractivity contribution in [1.82, 2.24) is 15.0 Å². The highest BCUT2D eigenvalue weighted by Gasteiger charge is 2.25. The van der Waals surface area contributed by atoms with Gasteiger partial charge in [-0.25, -0.2) is 0 Å². The van der Waals surface area contributed by atoms with E-state index in [2.05, 4.69) is 10.1 Å². The van der Waals surface area contributed by atoms with Crippen LogP contribution in [0.15, 0.2) is 22.7 Å². The van der Waals surface area contributed by atoms with E-state index in [9.17, 15) is 4.79 Å². The first-order valence-corrected chi connectivity index (χ1v) is 8.17. The Morgan fingerprint density at radius 2 is 2.29 bits per heavy atom. The number of ether oxygens (including phenoxy) is 1. The highest BCUT2D eigenvalue weighted by molar-refractivity contribution is 6.30. The quantitative estimate of drug-likeness (QED) is 0.908. The Labute approximate surface area is 144 Å². The zero-order chi connectivity index (χ0) is 17.1. The molecule has 1 saturated heterocycles. The van der Waals surface area contributed by atoms with Gasteiger partial charge in [0, 0.05) is 11.6 Å². The van der Waals surface area contributed by atoms with Crippen LogP contribution in [0.5, 0.6) is 5.75 Å². The zero-order valence-corrected chi connectivity index (χ0v) is 14.1. The van der Waals surface area contributed by atoms with Crippen molar-refractivity contribution < 1.29 is 14.1 Å². The third kappa shape index (κ3) is 3.52. The molecule has 3 rings (SSSR count). The number of carbonyl (C=O) groups excluding carboxylic acids is 1. The van der Waals surface area contributed by atoms with Crippen molar-refractivity contribution in [3.05, 3.63) is 29.1 Å². The van der Waals surface area contributed by atoms with E-state index in [0.717, 1.165) is 12.8 Å². The van der Waals surface area contributed by atoms with Crippen LogP contribution >= 0.6 is 11.6 Å². The van der Waals surface area contributed by atoms with Crippen LogP contribution in [0.25, 0.3) is 11.4 Å². The van der Waals surface area contributed by atoms with Gasteiger partial charge < -0.3 is 19.9 Å². The van der Waals surface area contributed by atoms with E-state index < -0.39 is 6.04 Å². The van der Waals surface area contributed by atoms with Crippen LogP contribution < -0.4 is 10.5 Å². The number of nitrogens with two attached hydrogens (primary N) is 1. The van der Waals surface area contributed by atoms with Gasteiger partial charge >= 0.3 is 0 Å². The van der Waals surface area contributed by atoms with Crippen molar-refractivity contribution in [2.75, 3.05) is 13.7 Å². The summed E-state index contributed by atoms with van der Waals surface area (Å²) >= 11 is 5.96. The Morgan fingerprint density at radius 1 is 1.46 bits per heavy atom. The van der Waals surface area contributed by atoms with Crippen molar-refractivity contribution in [3.63, 3.8) is 0 Å². The maximum atomic E-state index is 12.2. The molecule has 128 valence electrons. The molecule has 1 fully saturated rings. The lowest BCUT2D eigenvalue weighted by Crippen LogP contribution is -2.41. The monoisotopic (exact) mass is 350 g/mol.